The van der Waals surface area contributed by atoms with Gasteiger partial charge >= 0.3 is 12.1 Å². The molecule has 21 heavy (non-hydrogen) atoms. The van der Waals surface area contributed by atoms with Crippen LogP contribution in [0.3, 0.4) is 0 Å². The van der Waals surface area contributed by atoms with Crippen LogP contribution in [0.1, 0.15) is 32.1 Å². The van der Waals surface area contributed by atoms with Gasteiger partial charge < -0.3 is 20.1 Å². The Hall–Kier alpha value is -2.05. The fourth-order valence-electron chi connectivity index (χ4n) is 2.68. The van der Waals surface area contributed by atoms with Crippen molar-refractivity contribution in [1.82, 2.24) is 10.2 Å². The monoisotopic (exact) mass is 296 g/mol. The normalized spacial score (nSPS) is 28.9. The lowest BCUT2D eigenvalue weighted by molar-refractivity contribution is -0.147. The molecule has 0 radical (unpaired) electrons. The molecule has 2 rings (SSSR count). The van der Waals surface area contributed by atoms with Crippen LogP contribution in [0.4, 0.5) is 4.79 Å². The molecule has 7 nitrogen and oxygen atoms in total. The van der Waals surface area contributed by atoms with Gasteiger partial charge in [0, 0.05) is 13.0 Å². The molecule has 7 heteroatoms. The van der Waals surface area contributed by atoms with Crippen molar-refractivity contribution in [2.24, 2.45) is 0 Å². The molecule has 2 aliphatic rings. The lowest BCUT2D eigenvalue weighted by Gasteiger charge is -2.28. The minimum atomic E-state index is -1.21. The van der Waals surface area contributed by atoms with Gasteiger partial charge in [-0.25, -0.2) is 4.79 Å². The maximum atomic E-state index is 12.5. The first-order valence-electron chi connectivity index (χ1n) is 7.18. The van der Waals surface area contributed by atoms with E-state index in [2.05, 4.69) is 5.32 Å². The zero-order valence-electron chi connectivity index (χ0n) is 11.8. The van der Waals surface area contributed by atoms with E-state index in [1.54, 1.807) is 17.1 Å². The number of carbonyl (C=O) groups is 3. The number of nitrogens with zero attached hydrogens (tertiary/aromatic N) is 1. The second-order valence-corrected chi connectivity index (χ2v) is 5.26. The quantitative estimate of drug-likeness (QED) is 0.553. The number of cyclic esters (lactones) is 1. The fraction of sp³-hybridized carbons (Fsp3) is 0.643. The average Bonchev–Trinajstić information content (AvgIpc) is 2.89. The summed E-state index contributed by atoms with van der Waals surface area (Å²) >= 11 is 0. The number of carboxylic acid groups (broad SMARTS) is 1. The largest absolute Gasteiger partial charge is 0.465 e. The zero-order valence-corrected chi connectivity index (χ0v) is 11.8. The third kappa shape index (κ3) is 4.21. The Morgan fingerprint density at radius 1 is 1.38 bits per heavy atom. The smallest absolute Gasteiger partial charge is 0.405 e. The molecule has 116 valence electrons. The highest BCUT2D eigenvalue weighted by Crippen LogP contribution is 2.20. The summed E-state index contributed by atoms with van der Waals surface area (Å²) in [4.78, 5) is 36.5. The molecule has 1 saturated heterocycles. The molecule has 0 aromatic carbocycles. The number of hydrogen-bond acceptors (Lipinski definition) is 4. The summed E-state index contributed by atoms with van der Waals surface area (Å²) in [5, 5.41) is 11.1. The number of hydrogen-bond donors (Lipinski definition) is 2. The van der Waals surface area contributed by atoms with Crippen LogP contribution in [0.15, 0.2) is 12.2 Å². The van der Waals surface area contributed by atoms with Gasteiger partial charge in [-0.2, -0.15) is 0 Å². The van der Waals surface area contributed by atoms with Crippen molar-refractivity contribution in [1.29, 1.82) is 0 Å². The van der Waals surface area contributed by atoms with Gasteiger partial charge in [-0.3, -0.25) is 9.59 Å². The second kappa shape index (κ2) is 7.10. The molecule has 1 fully saturated rings. The van der Waals surface area contributed by atoms with Crippen molar-refractivity contribution in [3.05, 3.63) is 12.2 Å². The third-order valence-corrected chi connectivity index (χ3v) is 3.75. The Bertz CT molecular complexity index is 449. The predicted molar refractivity (Wildman–Crippen MR) is 73.6 cm³/mol. The molecule has 0 aliphatic carbocycles. The van der Waals surface area contributed by atoms with Gasteiger partial charge in [-0.15, -0.1) is 0 Å². The standard InChI is InChI=1S/C14H20N2O5/c17-12-7-3-1-2-6-11(15-14(19)20)13(18)16-8-4-5-10(16)9-21-12/h1-2,10-11,15H,3-9H2,(H,19,20)/b2-1-/t10-,11+/m0/s1. The number of amides is 2. The predicted octanol–water partition coefficient (Wildman–Crippen LogP) is 0.897. The highest BCUT2D eigenvalue weighted by molar-refractivity contribution is 5.86. The van der Waals surface area contributed by atoms with Crippen LogP contribution < -0.4 is 5.32 Å². The van der Waals surface area contributed by atoms with Gasteiger partial charge in [-0.05, 0) is 25.7 Å². The summed E-state index contributed by atoms with van der Waals surface area (Å²) in [6, 6.07) is -0.933. The molecule has 2 atom stereocenters. The van der Waals surface area contributed by atoms with Crippen LogP contribution in [0.5, 0.6) is 0 Å². The van der Waals surface area contributed by atoms with Crippen molar-refractivity contribution in [2.45, 2.75) is 44.2 Å². The molecule has 0 saturated carbocycles. The molecule has 0 bridgehead atoms. The Morgan fingerprint density at radius 2 is 2.19 bits per heavy atom. The van der Waals surface area contributed by atoms with Gasteiger partial charge in [0.2, 0.25) is 5.91 Å². The van der Waals surface area contributed by atoms with E-state index in [0.717, 1.165) is 12.8 Å². The van der Waals surface area contributed by atoms with Crippen LogP contribution in [0.25, 0.3) is 0 Å². The maximum absolute atomic E-state index is 12.5. The lowest BCUT2D eigenvalue weighted by Crippen LogP contribution is -2.50. The number of carbonyl (C=O) groups excluding carboxylic acids is 2. The van der Waals surface area contributed by atoms with E-state index in [-0.39, 0.29) is 24.5 Å². The third-order valence-electron chi connectivity index (χ3n) is 3.75. The van der Waals surface area contributed by atoms with Crippen molar-refractivity contribution < 1.29 is 24.2 Å². The molecule has 0 aromatic rings. The van der Waals surface area contributed by atoms with Crippen molar-refractivity contribution in [2.75, 3.05) is 13.2 Å². The SMILES string of the molecule is O=C(O)N[C@@H]1C/C=C\CCC(=O)OC[C@@H]2CCCN2C1=O. The van der Waals surface area contributed by atoms with Crippen LogP contribution >= 0.6 is 0 Å². The number of nitrogens with one attached hydrogen (secondary N) is 1. The molecular formula is C14H20N2O5. The van der Waals surface area contributed by atoms with Crippen LogP contribution in [-0.4, -0.2) is 53.2 Å². The number of allylic oxidation sites excluding steroid dienone is 1. The summed E-state index contributed by atoms with van der Waals surface area (Å²) in [6.45, 7) is 0.761. The number of esters is 1. The summed E-state index contributed by atoms with van der Waals surface area (Å²) in [5.74, 6) is -0.513. The number of fused-ring (bicyclic) bond motifs is 1. The molecule has 2 aliphatic heterocycles. The van der Waals surface area contributed by atoms with E-state index in [1.807, 2.05) is 0 Å². The average molecular weight is 296 g/mol. The second-order valence-electron chi connectivity index (χ2n) is 5.26. The van der Waals surface area contributed by atoms with Gasteiger partial charge in [0.1, 0.15) is 12.6 Å². The first kappa shape index (κ1) is 15.3. The zero-order chi connectivity index (χ0) is 15.2. The Balaban J connectivity index is 2.14. The van der Waals surface area contributed by atoms with Gasteiger partial charge in [0.15, 0.2) is 0 Å². The van der Waals surface area contributed by atoms with Crippen molar-refractivity contribution in [3.8, 4) is 0 Å². The molecule has 2 N–H and O–H groups in total. The summed E-state index contributed by atoms with van der Waals surface area (Å²) in [7, 11) is 0. The van der Waals surface area contributed by atoms with E-state index in [1.165, 1.54) is 0 Å². The number of rotatable bonds is 1. The van der Waals surface area contributed by atoms with Crippen LogP contribution in [-0.2, 0) is 14.3 Å². The Labute approximate surface area is 122 Å². The van der Waals surface area contributed by atoms with E-state index >= 15 is 0 Å². The first-order chi connectivity index (χ1) is 10.1. The summed E-state index contributed by atoms with van der Waals surface area (Å²) in [5.41, 5.74) is 0. The fourth-order valence-corrected chi connectivity index (χ4v) is 2.68. The highest BCUT2D eigenvalue weighted by atomic mass is 16.5. The number of ether oxygens (including phenoxy) is 1. The molecule has 0 unspecified atom stereocenters. The van der Waals surface area contributed by atoms with Crippen LogP contribution in [0, 0.1) is 0 Å². The maximum Gasteiger partial charge on any atom is 0.405 e. The summed E-state index contributed by atoms with van der Waals surface area (Å²) < 4.78 is 5.19. The Kier molecular flexibility index (Phi) is 5.19. The van der Waals surface area contributed by atoms with E-state index in [9.17, 15) is 14.4 Å². The highest BCUT2D eigenvalue weighted by Gasteiger charge is 2.34. The van der Waals surface area contributed by atoms with Gasteiger partial charge in [0.05, 0.1) is 6.04 Å². The van der Waals surface area contributed by atoms with E-state index in [4.69, 9.17) is 9.84 Å². The molecular weight excluding hydrogens is 276 g/mol. The van der Waals surface area contributed by atoms with E-state index < -0.39 is 12.1 Å². The molecule has 0 spiro atoms. The first-order valence-corrected chi connectivity index (χ1v) is 7.18. The molecule has 2 amide bonds. The molecule has 2 heterocycles. The van der Waals surface area contributed by atoms with Crippen molar-refractivity contribution >= 4 is 18.0 Å². The topological polar surface area (TPSA) is 95.9 Å². The van der Waals surface area contributed by atoms with Gasteiger partial charge in [0.25, 0.3) is 0 Å². The minimum Gasteiger partial charge on any atom is -0.465 e. The lowest BCUT2D eigenvalue weighted by atomic mass is 10.1. The van der Waals surface area contributed by atoms with E-state index in [0.29, 0.717) is 25.8 Å². The molecule has 0 aromatic heterocycles. The minimum absolute atomic E-state index is 0.150. The van der Waals surface area contributed by atoms with Crippen LogP contribution in [0.2, 0.25) is 0 Å². The Morgan fingerprint density at radius 3 is 2.95 bits per heavy atom. The van der Waals surface area contributed by atoms with Crippen molar-refractivity contribution in [3.63, 3.8) is 0 Å². The summed E-state index contributed by atoms with van der Waals surface area (Å²) in [6.07, 6.45) is 5.03. The van der Waals surface area contributed by atoms with Gasteiger partial charge in [-0.1, -0.05) is 12.2 Å².